The Balaban J connectivity index is 1.11. The minimum absolute atomic E-state index is 0.357. The normalized spacial score (nSPS) is 11.5. The van der Waals surface area contributed by atoms with Crippen LogP contribution in [0.25, 0.3) is 89.7 Å². The van der Waals surface area contributed by atoms with Gasteiger partial charge in [0.25, 0.3) is 0 Å². The van der Waals surface area contributed by atoms with Gasteiger partial charge in [-0.2, -0.15) is 0 Å². The minimum atomic E-state index is 0.357. The van der Waals surface area contributed by atoms with Gasteiger partial charge in [0.2, 0.25) is 0 Å². The third kappa shape index (κ3) is 9.27. The molecule has 2 N–H and O–H groups in total. The van der Waals surface area contributed by atoms with Crippen molar-refractivity contribution in [1.29, 1.82) is 0 Å². The molecule has 0 spiro atoms. The van der Waals surface area contributed by atoms with E-state index in [1.165, 1.54) is 0 Å². The lowest BCUT2D eigenvalue weighted by atomic mass is 10.1. The van der Waals surface area contributed by atoms with Crippen molar-refractivity contribution in [3.8, 4) is 91.5 Å². The average molecular weight is 1060 g/mol. The molecule has 0 aliphatic carbocycles. The minimum Gasteiger partial charge on any atom is -0.453 e. The summed E-state index contributed by atoms with van der Waals surface area (Å²) in [6.07, 6.45) is 0. The summed E-state index contributed by atoms with van der Waals surface area (Å²) in [5, 5.41) is 3.07. The molecule has 2 aliphatic heterocycles. The summed E-state index contributed by atoms with van der Waals surface area (Å²) in [6, 6.07) is 55.3. The fourth-order valence-corrected chi connectivity index (χ4v) is 9.83. The Kier molecular flexibility index (Phi) is 12.2. The average Bonchev–Trinajstić information content (AvgIpc) is 4.32. The number of rotatable bonds is 12. The lowest BCUT2D eigenvalue weighted by molar-refractivity contribution is 0.419. The molecule has 11 aromatic rings. The molecule has 13 rings (SSSR count). The molecule has 394 valence electrons. The molecule has 0 saturated heterocycles. The summed E-state index contributed by atoms with van der Waals surface area (Å²) in [4.78, 5) is 47.1. The number of aromatic amines is 2. The molecule has 80 heavy (non-hydrogen) atoms. The van der Waals surface area contributed by atoms with Crippen LogP contribution in [-0.2, 0) is 0 Å². The van der Waals surface area contributed by atoms with E-state index in [0.29, 0.717) is 114 Å². The predicted molar refractivity (Wildman–Crippen MR) is 319 cm³/mol. The molecule has 8 aromatic carbocycles. The van der Waals surface area contributed by atoms with Crippen molar-refractivity contribution in [2.24, 2.45) is 0 Å². The second-order valence-electron chi connectivity index (χ2n) is 20.4. The molecule has 3 aromatic heterocycles. The Morgan fingerprint density at radius 1 is 0.275 bits per heavy atom. The van der Waals surface area contributed by atoms with E-state index < -0.39 is 0 Å². The van der Waals surface area contributed by atoms with Crippen LogP contribution in [0.1, 0.15) is 0 Å². The monoisotopic (exact) mass is 1050 g/mol. The van der Waals surface area contributed by atoms with Crippen LogP contribution in [0.4, 0.5) is 22.7 Å². The van der Waals surface area contributed by atoms with Gasteiger partial charge in [-0.3, -0.25) is 0 Å². The van der Waals surface area contributed by atoms with E-state index >= 15 is 0 Å². The van der Waals surface area contributed by atoms with Crippen molar-refractivity contribution in [2.45, 2.75) is 0 Å². The standard InChI is InChI=1S/C64H54N12O4/c1-73(2)37-17-13-21-41(29-37)77-53-33-49-51(35-55(53)79-43-23-15-19-39(31-43)75(5)6)63-70-61(49)68-59-47-27-11-9-25-45(47)57(66-59)65-58-46-26-10-12-28-48(46)60(67-58)69-62-50-34-54(78-42-22-14-18-38(30-42)74(3)4)56(36-52(50)64(71-62)72-63)80-44-24-16-20-40(32-44)76(7)8/h9-36H,1-8H3,(H2,65,66,67,68,69,70,71,72). The van der Waals surface area contributed by atoms with Crippen molar-refractivity contribution in [3.63, 3.8) is 0 Å². The molecule has 0 unspecified atom stereocenters. The SMILES string of the molecule is CN(C)c1cccc(Oc2cc3c(cc2Oc2cccc(N(C)C)c2)-c2nc-3nc3[nH]c(nc4nc(nc5[nH]c(n2)c2cc(Oc6cccc(N(C)C)c6)c(Oc6cccc(N(C)C)c6)cc52)-c2ccccc2-4)c2ccccc32)c1. The van der Waals surface area contributed by atoms with Gasteiger partial charge in [0.15, 0.2) is 46.3 Å². The molecular weight excluding hydrogens is 1000 g/mol. The zero-order valence-corrected chi connectivity index (χ0v) is 45.3. The van der Waals surface area contributed by atoms with Crippen molar-refractivity contribution in [3.05, 3.63) is 170 Å². The Morgan fingerprint density at radius 3 is 0.887 bits per heavy atom. The summed E-state index contributed by atoms with van der Waals surface area (Å²) in [5.41, 5.74) is 8.89. The van der Waals surface area contributed by atoms with Gasteiger partial charge in [-0.1, -0.05) is 72.8 Å². The fourth-order valence-electron chi connectivity index (χ4n) is 9.83. The van der Waals surface area contributed by atoms with Gasteiger partial charge >= 0.3 is 0 Å². The zero-order chi connectivity index (χ0) is 54.8. The molecule has 16 nitrogen and oxygen atoms in total. The first kappa shape index (κ1) is 49.1. The Labute approximate surface area is 461 Å². The number of aromatic nitrogens is 8. The molecule has 0 fully saturated rings. The van der Waals surface area contributed by atoms with E-state index in [4.69, 9.17) is 48.9 Å². The maximum Gasteiger partial charge on any atom is 0.170 e. The summed E-state index contributed by atoms with van der Waals surface area (Å²) < 4.78 is 27.4. The molecule has 0 radical (unpaired) electrons. The number of anilines is 4. The highest BCUT2D eigenvalue weighted by Gasteiger charge is 2.27. The number of hydrogen-bond acceptors (Lipinski definition) is 14. The first-order valence-corrected chi connectivity index (χ1v) is 26.0. The number of nitrogens with one attached hydrogen (secondary N) is 2. The van der Waals surface area contributed by atoms with Crippen LogP contribution < -0.4 is 38.5 Å². The van der Waals surface area contributed by atoms with Crippen LogP contribution >= 0.6 is 0 Å². The third-order valence-electron chi connectivity index (χ3n) is 14.0. The molecular formula is C64H54N12O4. The van der Waals surface area contributed by atoms with Gasteiger partial charge in [-0.25, -0.2) is 29.9 Å². The number of fused-ring (bicyclic) bond motifs is 20. The second-order valence-corrected chi connectivity index (χ2v) is 20.4. The highest BCUT2D eigenvalue weighted by molar-refractivity contribution is 6.07. The van der Waals surface area contributed by atoms with E-state index in [1.807, 2.05) is 246 Å². The van der Waals surface area contributed by atoms with Gasteiger partial charge in [-0.05, 0) is 72.8 Å². The van der Waals surface area contributed by atoms with Crippen molar-refractivity contribution >= 4 is 66.9 Å². The summed E-state index contributed by atoms with van der Waals surface area (Å²) in [7, 11) is 16.0. The van der Waals surface area contributed by atoms with Crippen LogP contribution in [-0.4, -0.2) is 96.3 Å². The predicted octanol–water partition coefficient (Wildman–Crippen LogP) is 14.3. The maximum atomic E-state index is 6.86. The van der Waals surface area contributed by atoms with Crippen LogP contribution in [0.15, 0.2) is 170 Å². The van der Waals surface area contributed by atoms with Crippen LogP contribution in [0.3, 0.4) is 0 Å². The van der Waals surface area contributed by atoms with Gasteiger partial charge < -0.3 is 48.5 Å². The summed E-state index contributed by atoms with van der Waals surface area (Å²) in [5.74, 6) is 5.92. The number of benzene rings is 8. The highest BCUT2D eigenvalue weighted by Crippen LogP contribution is 2.47. The lowest BCUT2D eigenvalue weighted by Gasteiger charge is -2.18. The van der Waals surface area contributed by atoms with E-state index in [9.17, 15) is 0 Å². The molecule has 8 bridgehead atoms. The van der Waals surface area contributed by atoms with E-state index in [-0.39, 0.29) is 0 Å². The van der Waals surface area contributed by atoms with Crippen LogP contribution in [0.2, 0.25) is 0 Å². The Morgan fingerprint density at radius 2 is 0.562 bits per heavy atom. The number of H-pyrrole nitrogens is 2. The summed E-state index contributed by atoms with van der Waals surface area (Å²) >= 11 is 0. The largest absolute Gasteiger partial charge is 0.453 e. The number of ether oxygens (including phenoxy) is 4. The molecule has 0 saturated carbocycles. The molecule has 0 amide bonds. The van der Waals surface area contributed by atoms with Gasteiger partial charge in [0, 0.05) is 147 Å². The van der Waals surface area contributed by atoms with E-state index in [1.54, 1.807) is 0 Å². The van der Waals surface area contributed by atoms with Crippen molar-refractivity contribution in [2.75, 3.05) is 76.0 Å². The van der Waals surface area contributed by atoms with E-state index in [2.05, 4.69) is 9.97 Å². The zero-order valence-electron chi connectivity index (χ0n) is 45.3. The first-order valence-electron chi connectivity index (χ1n) is 26.0. The van der Waals surface area contributed by atoms with Gasteiger partial charge in [-0.15, -0.1) is 0 Å². The molecule has 5 heterocycles. The molecule has 2 aliphatic rings. The molecule has 0 atom stereocenters. The van der Waals surface area contributed by atoms with Crippen LogP contribution in [0, 0.1) is 0 Å². The Bertz CT molecular complexity index is 4430. The lowest BCUT2D eigenvalue weighted by Crippen LogP contribution is -2.08. The van der Waals surface area contributed by atoms with Crippen molar-refractivity contribution < 1.29 is 18.9 Å². The third-order valence-corrected chi connectivity index (χ3v) is 14.0. The van der Waals surface area contributed by atoms with Crippen LogP contribution in [0.5, 0.6) is 46.0 Å². The Hall–Kier alpha value is -10.5. The number of hydrogen-bond donors (Lipinski definition) is 2. The van der Waals surface area contributed by atoms with E-state index in [0.717, 1.165) is 44.6 Å². The molecule has 16 heteroatoms. The quantitative estimate of drug-likeness (QED) is 0.119. The topological polar surface area (TPSA) is 159 Å². The first-order chi connectivity index (χ1) is 38.8. The smallest absolute Gasteiger partial charge is 0.170 e. The van der Waals surface area contributed by atoms with Crippen molar-refractivity contribution in [1.82, 2.24) is 39.9 Å². The van der Waals surface area contributed by atoms with Gasteiger partial charge in [0.05, 0.1) is 0 Å². The maximum absolute atomic E-state index is 6.86. The second kappa shape index (κ2) is 19.8. The highest BCUT2D eigenvalue weighted by atomic mass is 16.5. The fraction of sp³-hybridized carbons (Fsp3) is 0.125. The number of nitrogens with zero attached hydrogens (tertiary/aromatic N) is 10. The summed E-state index contributed by atoms with van der Waals surface area (Å²) in [6.45, 7) is 0. The van der Waals surface area contributed by atoms with Gasteiger partial charge in [0.1, 0.15) is 45.6 Å².